The largest absolute Gasteiger partial charge is 0.397 e. The van der Waals surface area contributed by atoms with Crippen LogP contribution in [-0.2, 0) is 0 Å². The Hall–Kier alpha value is -2.36. The van der Waals surface area contributed by atoms with Gasteiger partial charge in [-0.3, -0.25) is 4.79 Å². The van der Waals surface area contributed by atoms with Crippen molar-refractivity contribution in [1.82, 2.24) is 4.98 Å². The number of aryl methyl sites for hydroxylation is 2. The number of carbonyl (C=O) groups excluding carboxylic acids is 1. The Bertz CT molecular complexity index is 623. The number of nitrogen functional groups attached to an aromatic ring is 1. The molecule has 2 aromatic rings. The highest BCUT2D eigenvalue weighted by Crippen LogP contribution is 2.22. The third-order valence-electron chi connectivity index (χ3n) is 3.06. The number of hydrogen-bond acceptors (Lipinski definition) is 3. The topological polar surface area (TPSA) is 59.2 Å². The highest BCUT2D eigenvalue weighted by molar-refractivity contribution is 6.07. The Labute approximate surface area is 112 Å². The quantitative estimate of drug-likeness (QED) is 0.897. The summed E-state index contributed by atoms with van der Waals surface area (Å²) in [4.78, 5) is 18.0. The standard InChI is InChI=1S/C15H17N3O/c1-10-6-7-13(11(2)9-10)18(3)15(19)14-12(16)5-4-8-17-14/h4-9H,16H2,1-3H3. The third kappa shape index (κ3) is 2.57. The molecular formula is C15H17N3O. The highest BCUT2D eigenvalue weighted by atomic mass is 16.2. The molecule has 0 spiro atoms. The Balaban J connectivity index is 2.37. The molecule has 1 aromatic heterocycles. The fraction of sp³-hybridized carbons (Fsp3) is 0.200. The van der Waals surface area contributed by atoms with E-state index in [1.165, 1.54) is 5.56 Å². The van der Waals surface area contributed by atoms with Gasteiger partial charge < -0.3 is 10.6 Å². The molecule has 0 bridgehead atoms. The molecule has 0 fully saturated rings. The molecule has 0 saturated heterocycles. The second-order valence-corrected chi connectivity index (χ2v) is 4.60. The lowest BCUT2D eigenvalue weighted by molar-refractivity contribution is 0.0989. The maximum absolute atomic E-state index is 12.4. The number of rotatable bonds is 2. The van der Waals surface area contributed by atoms with Gasteiger partial charge in [-0.1, -0.05) is 17.7 Å². The Morgan fingerprint density at radius 1 is 1.26 bits per heavy atom. The lowest BCUT2D eigenvalue weighted by Gasteiger charge is -2.20. The van der Waals surface area contributed by atoms with Crippen molar-refractivity contribution in [3.63, 3.8) is 0 Å². The molecule has 1 amide bonds. The van der Waals surface area contributed by atoms with Crippen LogP contribution < -0.4 is 10.6 Å². The third-order valence-corrected chi connectivity index (χ3v) is 3.06. The number of amides is 1. The van der Waals surface area contributed by atoms with E-state index in [9.17, 15) is 4.79 Å². The summed E-state index contributed by atoms with van der Waals surface area (Å²) in [5, 5.41) is 0. The number of aromatic nitrogens is 1. The van der Waals surface area contributed by atoms with Gasteiger partial charge in [0.1, 0.15) is 0 Å². The fourth-order valence-corrected chi connectivity index (χ4v) is 2.05. The van der Waals surface area contributed by atoms with Gasteiger partial charge >= 0.3 is 0 Å². The molecular weight excluding hydrogens is 238 g/mol. The van der Waals surface area contributed by atoms with Crippen molar-refractivity contribution < 1.29 is 4.79 Å². The molecule has 4 nitrogen and oxygen atoms in total. The number of benzene rings is 1. The molecule has 0 aliphatic carbocycles. The SMILES string of the molecule is Cc1ccc(N(C)C(=O)c2ncccc2N)c(C)c1. The molecule has 2 rings (SSSR count). The average Bonchev–Trinajstić information content (AvgIpc) is 2.38. The molecule has 0 aliphatic rings. The van der Waals surface area contributed by atoms with Crippen LogP contribution in [0, 0.1) is 13.8 Å². The maximum atomic E-state index is 12.4. The van der Waals surface area contributed by atoms with E-state index in [4.69, 9.17) is 5.73 Å². The normalized spacial score (nSPS) is 10.3. The fourth-order valence-electron chi connectivity index (χ4n) is 2.05. The van der Waals surface area contributed by atoms with Crippen molar-refractivity contribution in [3.8, 4) is 0 Å². The Morgan fingerprint density at radius 3 is 2.63 bits per heavy atom. The summed E-state index contributed by atoms with van der Waals surface area (Å²) in [7, 11) is 1.73. The zero-order valence-corrected chi connectivity index (χ0v) is 11.3. The minimum Gasteiger partial charge on any atom is -0.397 e. The summed E-state index contributed by atoms with van der Waals surface area (Å²) < 4.78 is 0. The number of anilines is 2. The van der Waals surface area contributed by atoms with Crippen LogP contribution >= 0.6 is 0 Å². The van der Waals surface area contributed by atoms with Crippen LogP contribution in [0.15, 0.2) is 36.5 Å². The molecule has 4 heteroatoms. The van der Waals surface area contributed by atoms with Crippen LogP contribution in [0.25, 0.3) is 0 Å². The van der Waals surface area contributed by atoms with Gasteiger partial charge in [-0.2, -0.15) is 0 Å². The number of hydrogen-bond donors (Lipinski definition) is 1. The molecule has 1 aromatic carbocycles. The van der Waals surface area contributed by atoms with E-state index in [1.54, 1.807) is 30.3 Å². The van der Waals surface area contributed by atoms with Crippen molar-refractivity contribution in [2.75, 3.05) is 17.7 Å². The van der Waals surface area contributed by atoms with Crippen LogP contribution in [0.1, 0.15) is 21.6 Å². The number of nitrogens with two attached hydrogens (primary N) is 1. The van der Waals surface area contributed by atoms with Gasteiger partial charge in [-0.15, -0.1) is 0 Å². The van der Waals surface area contributed by atoms with E-state index in [0.717, 1.165) is 11.3 Å². The Kier molecular flexibility index (Phi) is 3.51. The summed E-state index contributed by atoms with van der Waals surface area (Å²) >= 11 is 0. The molecule has 98 valence electrons. The van der Waals surface area contributed by atoms with Crippen LogP contribution in [0.4, 0.5) is 11.4 Å². The number of carbonyl (C=O) groups is 1. The predicted octanol–water partition coefficient (Wildman–Crippen LogP) is 2.56. The van der Waals surface area contributed by atoms with Gasteiger partial charge in [-0.05, 0) is 37.6 Å². The molecule has 19 heavy (non-hydrogen) atoms. The van der Waals surface area contributed by atoms with E-state index in [2.05, 4.69) is 4.98 Å². The van der Waals surface area contributed by atoms with Gasteiger partial charge in [0, 0.05) is 18.9 Å². The van der Waals surface area contributed by atoms with Crippen LogP contribution in [0.3, 0.4) is 0 Å². The van der Waals surface area contributed by atoms with Gasteiger partial charge in [0.15, 0.2) is 5.69 Å². The summed E-state index contributed by atoms with van der Waals surface area (Å²) in [5.74, 6) is -0.204. The Morgan fingerprint density at radius 2 is 2.00 bits per heavy atom. The monoisotopic (exact) mass is 255 g/mol. The van der Waals surface area contributed by atoms with E-state index < -0.39 is 0 Å². The zero-order valence-electron chi connectivity index (χ0n) is 11.3. The smallest absolute Gasteiger partial charge is 0.278 e. The molecule has 0 saturated carbocycles. The first-order chi connectivity index (χ1) is 9.00. The number of nitrogens with zero attached hydrogens (tertiary/aromatic N) is 2. The average molecular weight is 255 g/mol. The first-order valence-electron chi connectivity index (χ1n) is 6.06. The molecule has 0 atom stereocenters. The van der Waals surface area contributed by atoms with Crippen LogP contribution in [-0.4, -0.2) is 17.9 Å². The highest BCUT2D eigenvalue weighted by Gasteiger charge is 2.18. The minimum atomic E-state index is -0.204. The van der Waals surface area contributed by atoms with Crippen molar-refractivity contribution in [2.24, 2.45) is 0 Å². The second-order valence-electron chi connectivity index (χ2n) is 4.60. The van der Waals surface area contributed by atoms with E-state index in [0.29, 0.717) is 5.69 Å². The minimum absolute atomic E-state index is 0.204. The molecule has 0 unspecified atom stereocenters. The molecule has 1 heterocycles. The predicted molar refractivity (Wildman–Crippen MR) is 77.3 cm³/mol. The summed E-state index contributed by atoms with van der Waals surface area (Å²) in [6, 6.07) is 9.34. The van der Waals surface area contributed by atoms with Crippen molar-refractivity contribution in [3.05, 3.63) is 53.3 Å². The first-order valence-corrected chi connectivity index (χ1v) is 6.06. The summed E-state index contributed by atoms with van der Waals surface area (Å²) in [6.45, 7) is 4.00. The van der Waals surface area contributed by atoms with E-state index in [-0.39, 0.29) is 11.6 Å². The zero-order chi connectivity index (χ0) is 14.0. The van der Waals surface area contributed by atoms with Crippen molar-refractivity contribution in [2.45, 2.75) is 13.8 Å². The van der Waals surface area contributed by atoms with Gasteiger partial charge in [0.25, 0.3) is 5.91 Å². The second kappa shape index (κ2) is 5.10. The lowest BCUT2D eigenvalue weighted by atomic mass is 10.1. The van der Waals surface area contributed by atoms with Crippen molar-refractivity contribution >= 4 is 17.3 Å². The van der Waals surface area contributed by atoms with Crippen LogP contribution in [0.2, 0.25) is 0 Å². The molecule has 2 N–H and O–H groups in total. The van der Waals surface area contributed by atoms with Gasteiger partial charge in [0.2, 0.25) is 0 Å². The molecule has 0 radical (unpaired) electrons. The van der Waals surface area contributed by atoms with Crippen molar-refractivity contribution in [1.29, 1.82) is 0 Å². The lowest BCUT2D eigenvalue weighted by Crippen LogP contribution is -2.28. The summed E-state index contributed by atoms with van der Waals surface area (Å²) in [5.41, 5.74) is 9.54. The summed E-state index contributed by atoms with van der Waals surface area (Å²) in [6.07, 6.45) is 1.57. The number of pyridine rings is 1. The van der Waals surface area contributed by atoms with E-state index >= 15 is 0 Å². The van der Waals surface area contributed by atoms with E-state index in [1.807, 2.05) is 32.0 Å². The maximum Gasteiger partial charge on any atom is 0.278 e. The molecule has 0 aliphatic heterocycles. The van der Waals surface area contributed by atoms with Gasteiger partial charge in [-0.25, -0.2) is 4.98 Å². The van der Waals surface area contributed by atoms with Gasteiger partial charge in [0.05, 0.1) is 5.69 Å². The first kappa shape index (κ1) is 13.1. The van der Waals surface area contributed by atoms with Crippen LogP contribution in [0.5, 0.6) is 0 Å².